The van der Waals surface area contributed by atoms with E-state index in [1.807, 2.05) is 54.6 Å². The van der Waals surface area contributed by atoms with Gasteiger partial charge in [-0.25, -0.2) is 15.0 Å². The van der Waals surface area contributed by atoms with Crippen LogP contribution in [0.5, 0.6) is 0 Å². The summed E-state index contributed by atoms with van der Waals surface area (Å²) >= 11 is 0. The molecule has 1 atom stereocenters. The van der Waals surface area contributed by atoms with Gasteiger partial charge in [0.1, 0.15) is 6.33 Å². The summed E-state index contributed by atoms with van der Waals surface area (Å²) in [6, 6.07) is 34.5. The van der Waals surface area contributed by atoms with Crippen LogP contribution in [-0.4, -0.2) is 50.2 Å². The van der Waals surface area contributed by atoms with Gasteiger partial charge in [-0.15, -0.1) is 0 Å². The SMILES string of the molecule is O=C1CCC(c2cc(=O)n(Cc3ccc(-n4cc(-c5cc(=O)n(Cc6ccc(-n7cnccc7=O)cc6)cn5)ccc4=O)cc3)cn2)CN1c1ccc(Cn2ccccc2=O)cc1. The van der Waals surface area contributed by atoms with Crippen molar-refractivity contribution < 1.29 is 4.79 Å². The first-order valence-corrected chi connectivity index (χ1v) is 20.3. The maximum atomic E-state index is 13.4. The smallest absolute Gasteiger partial charge is 0.257 e. The average molecular weight is 838 g/mol. The minimum absolute atomic E-state index is 0.00378. The van der Waals surface area contributed by atoms with Gasteiger partial charge in [0.2, 0.25) is 5.91 Å². The number of nitrogens with zero attached hydrogens (tertiary/aromatic N) is 9. The number of aromatic nitrogens is 8. The number of benzene rings is 3. The first kappa shape index (κ1) is 40.1. The van der Waals surface area contributed by atoms with E-state index in [0.29, 0.717) is 54.3 Å². The fourth-order valence-electron chi connectivity index (χ4n) is 7.69. The second-order valence-corrected chi connectivity index (χ2v) is 15.3. The molecule has 15 heteroatoms. The molecule has 0 saturated carbocycles. The molecular weight excluding hydrogens is 799 g/mol. The Morgan fingerprint density at radius 3 is 1.76 bits per heavy atom. The van der Waals surface area contributed by atoms with Gasteiger partial charge < -0.3 is 9.47 Å². The van der Waals surface area contributed by atoms with Crippen LogP contribution in [0.1, 0.15) is 41.1 Å². The lowest BCUT2D eigenvalue weighted by molar-refractivity contribution is -0.119. The Bertz CT molecular complexity index is 3280. The van der Waals surface area contributed by atoms with Gasteiger partial charge in [0.25, 0.3) is 27.8 Å². The zero-order chi connectivity index (χ0) is 43.5. The van der Waals surface area contributed by atoms with Gasteiger partial charge in [0.15, 0.2) is 0 Å². The average Bonchev–Trinajstić information content (AvgIpc) is 3.30. The standard InChI is InChI=1S/C48H39N9O6/c58-43-3-1-2-22-52(43)25-33-4-12-38(13-5-33)55-28-36(10-18-44(55)59)41-23-47(62)53(31-50-41)26-34-6-14-39(15-7-34)56-29-37(11-19-45(56)60)42-24-48(63)54(32-51-42)27-35-8-16-40(17-9-35)57-30-49-21-20-46(57)61/h1-9,11-17,19-24,29-32,36H,10,18,25-28H2. The molecule has 1 aliphatic heterocycles. The molecule has 0 radical (unpaired) electrons. The van der Waals surface area contributed by atoms with Crippen LogP contribution in [0, 0.1) is 0 Å². The maximum Gasteiger partial charge on any atom is 0.257 e. The summed E-state index contributed by atoms with van der Waals surface area (Å²) in [6.07, 6.45) is 10.2. The summed E-state index contributed by atoms with van der Waals surface area (Å²) in [4.78, 5) is 91.7. The summed E-state index contributed by atoms with van der Waals surface area (Å²) in [5.74, 6) is -0.117. The van der Waals surface area contributed by atoms with E-state index < -0.39 is 0 Å². The Labute approximate surface area is 358 Å². The molecule has 8 aromatic rings. The van der Waals surface area contributed by atoms with Crippen LogP contribution >= 0.6 is 0 Å². The van der Waals surface area contributed by atoms with Gasteiger partial charge in [-0.1, -0.05) is 42.5 Å². The van der Waals surface area contributed by atoms with Crippen LogP contribution in [0.15, 0.2) is 183 Å². The topological polar surface area (TPSA) is 169 Å². The Hall–Kier alpha value is -8.33. The van der Waals surface area contributed by atoms with Crippen LogP contribution < -0.4 is 32.7 Å². The highest BCUT2D eigenvalue weighted by Crippen LogP contribution is 2.30. The molecule has 5 aromatic heterocycles. The van der Waals surface area contributed by atoms with Crippen molar-refractivity contribution in [2.24, 2.45) is 0 Å². The summed E-state index contributed by atoms with van der Waals surface area (Å²) in [6.45, 7) is 1.34. The van der Waals surface area contributed by atoms with Gasteiger partial charge in [0.05, 0.1) is 49.4 Å². The fraction of sp³-hybridized carbons (Fsp3) is 0.146. The van der Waals surface area contributed by atoms with Crippen LogP contribution in [-0.2, 0) is 24.4 Å². The number of piperidine rings is 1. The largest absolute Gasteiger partial charge is 0.312 e. The van der Waals surface area contributed by atoms with E-state index in [4.69, 9.17) is 0 Å². The van der Waals surface area contributed by atoms with E-state index in [-0.39, 0.29) is 52.7 Å². The maximum absolute atomic E-state index is 13.4. The van der Waals surface area contributed by atoms with Gasteiger partial charge in [-0.2, -0.15) is 0 Å². The number of anilines is 1. The lowest BCUT2D eigenvalue weighted by Crippen LogP contribution is -2.39. The first-order valence-electron chi connectivity index (χ1n) is 20.3. The predicted molar refractivity (Wildman–Crippen MR) is 237 cm³/mol. The Morgan fingerprint density at radius 2 is 1.13 bits per heavy atom. The first-order chi connectivity index (χ1) is 30.6. The molecule has 0 spiro atoms. The molecule has 1 fully saturated rings. The molecule has 1 amide bonds. The normalized spacial score (nSPS) is 13.9. The lowest BCUT2D eigenvalue weighted by Gasteiger charge is -2.32. The second-order valence-electron chi connectivity index (χ2n) is 15.3. The molecule has 9 rings (SSSR count). The van der Waals surface area contributed by atoms with Gasteiger partial charge in [0, 0.05) is 84.7 Å². The molecule has 312 valence electrons. The third-order valence-corrected chi connectivity index (χ3v) is 11.2. The van der Waals surface area contributed by atoms with Gasteiger partial charge in [-0.05, 0) is 71.6 Å². The fourth-order valence-corrected chi connectivity index (χ4v) is 7.69. The van der Waals surface area contributed by atoms with Gasteiger partial charge >= 0.3 is 0 Å². The van der Waals surface area contributed by atoms with Crippen molar-refractivity contribution in [1.29, 1.82) is 0 Å². The van der Waals surface area contributed by atoms with Gasteiger partial charge in [-0.3, -0.25) is 47.0 Å². The predicted octanol–water partition coefficient (Wildman–Crippen LogP) is 4.38. The minimum Gasteiger partial charge on any atom is -0.312 e. The number of carbonyl (C=O) groups excluding carboxylic acids is 1. The van der Waals surface area contributed by atoms with Crippen molar-refractivity contribution in [2.75, 3.05) is 11.4 Å². The highest BCUT2D eigenvalue weighted by atomic mass is 16.2. The monoisotopic (exact) mass is 837 g/mol. The summed E-state index contributed by atoms with van der Waals surface area (Å²) in [5.41, 5.74) is 5.16. The molecule has 15 nitrogen and oxygen atoms in total. The van der Waals surface area contributed by atoms with Crippen LogP contribution in [0.3, 0.4) is 0 Å². The van der Waals surface area contributed by atoms with E-state index in [1.165, 1.54) is 73.8 Å². The van der Waals surface area contributed by atoms with E-state index in [1.54, 1.807) is 58.3 Å². The molecule has 0 bridgehead atoms. The zero-order valence-corrected chi connectivity index (χ0v) is 33.8. The highest BCUT2D eigenvalue weighted by Gasteiger charge is 2.29. The van der Waals surface area contributed by atoms with Crippen molar-refractivity contribution in [3.05, 3.63) is 233 Å². The molecule has 3 aromatic carbocycles. The Kier molecular flexibility index (Phi) is 11.0. The highest BCUT2D eigenvalue weighted by molar-refractivity contribution is 5.94. The van der Waals surface area contributed by atoms with E-state index in [9.17, 15) is 28.8 Å². The summed E-state index contributed by atoms with van der Waals surface area (Å²) < 4.78 is 7.52. The third-order valence-electron chi connectivity index (χ3n) is 11.2. The van der Waals surface area contributed by atoms with Crippen LogP contribution in [0.25, 0.3) is 22.6 Å². The van der Waals surface area contributed by atoms with Crippen molar-refractivity contribution in [2.45, 2.75) is 38.4 Å². The quantitative estimate of drug-likeness (QED) is 0.184. The zero-order valence-electron chi connectivity index (χ0n) is 33.8. The molecule has 1 saturated heterocycles. The summed E-state index contributed by atoms with van der Waals surface area (Å²) in [5, 5.41) is 0. The van der Waals surface area contributed by atoms with E-state index >= 15 is 0 Å². The summed E-state index contributed by atoms with van der Waals surface area (Å²) in [7, 11) is 0. The van der Waals surface area contributed by atoms with E-state index in [2.05, 4.69) is 15.0 Å². The number of hydrogen-bond acceptors (Lipinski definition) is 9. The number of carbonyl (C=O) groups is 1. The lowest BCUT2D eigenvalue weighted by atomic mass is 9.93. The number of hydrogen-bond donors (Lipinski definition) is 0. The van der Waals surface area contributed by atoms with E-state index in [0.717, 1.165) is 22.4 Å². The molecule has 63 heavy (non-hydrogen) atoms. The van der Waals surface area contributed by atoms with Crippen molar-refractivity contribution in [3.63, 3.8) is 0 Å². The Balaban J connectivity index is 0.843. The van der Waals surface area contributed by atoms with Crippen molar-refractivity contribution >= 4 is 11.6 Å². The second kappa shape index (κ2) is 17.3. The molecule has 0 N–H and O–H groups in total. The minimum atomic E-state index is -0.273. The molecule has 1 aliphatic rings. The van der Waals surface area contributed by atoms with Crippen LogP contribution in [0.2, 0.25) is 0 Å². The van der Waals surface area contributed by atoms with Crippen molar-refractivity contribution in [3.8, 4) is 22.6 Å². The number of rotatable bonds is 11. The molecule has 6 heterocycles. The van der Waals surface area contributed by atoms with Crippen molar-refractivity contribution in [1.82, 2.24) is 37.8 Å². The third kappa shape index (κ3) is 8.79. The molecule has 0 aliphatic carbocycles. The number of pyridine rings is 2. The number of amides is 1. The Morgan fingerprint density at radius 1 is 0.524 bits per heavy atom. The molecule has 1 unspecified atom stereocenters. The molecular formula is C48H39N9O6. The van der Waals surface area contributed by atoms with Crippen LogP contribution in [0.4, 0.5) is 5.69 Å².